The second kappa shape index (κ2) is 2.67. The lowest BCUT2D eigenvalue weighted by Gasteiger charge is -2.01. The number of rotatable bonds is 1. The van der Waals surface area contributed by atoms with Gasteiger partial charge in [0.15, 0.2) is 0 Å². The van der Waals surface area contributed by atoms with Gasteiger partial charge in [0.25, 0.3) is 5.56 Å². The van der Waals surface area contributed by atoms with Gasteiger partial charge in [-0.05, 0) is 18.9 Å². The molecule has 3 heteroatoms. The van der Waals surface area contributed by atoms with Crippen LogP contribution in [0.5, 0.6) is 0 Å². The number of aromatic nitrogens is 2. The standard InChI is InChI=1S/C11H10N2O/c14-11-9-4-2-1-3-8(9)10(12-13-11)7-5-6-7/h1-4,7H,5-6H2,(H,13,14). The van der Waals surface area contributed by atoms with Gasteiger partial charge in [0.05, 0.1) is 11.1 Å². The van der Waals surface area contributed by atoms with Gasteiger partial charge in [-0.3, -0.25) is 4.79 Å². The predicted molar refractivity (Wildman–Crippen MR) is 54.3 cm³/mol. The summed E-state index contributed by atoms with van der Waals surface area (Å²) in [5.41, 5.74) is 0.963. The Bertz CT molecular complexity index is 540. The molecule has 1 heterocycles. The second-order valence-corrected chi connectivity index (χ2v) is 3.76. The molecule has 2 aromatic rings. The molecule has 0 atom stereocenters. The fourth-order valence-corrected chi connectivity index (χ4v) is 1.80. The van der Waals surface area contributed by atoms with Gasteiger partial charge < -0.3 is 0 Å². The van der Waals surface area contributed by atoms with Crippen molar-refractivity contribution >= 4 is 10.8 Å². The minimum absolute atomic E-state index is 0.0926. The number of hydrogen-bond acceptors (Lipinski definition) is 2. The van der Waals surface area contributed by atoms with E-state index in [4.69, 9.17) is 0 Å². The van der Waals surface area contributed by atoms with E-state index < -0.39 is 0 Å². The summed E-state index contributed by atoms with van der Waals surface area (Å²) in [6, 6.07) is 7.66. The topological polar surface area (TPSA) is 45.8 Å². The summed E-state index contributed by atoms with van der Waals surface area (Å²) >= 11 is 0. The number of hydrogen-bond donors (Lipinski definition) is 1. The first kappa shape index (κ1) is 7.74. The quantitative estimate of drug-likeness (QED) is 0.738. The highest BCUT2D eigenvalue weighted by Gasteiger charge is 2.27. The summed E-state index contributed by atoms with van der Waals surface area (Å²) in [4.78, 5) is 11.5. The van der Waals surface area contributed by atoms with E-state index in [1.54, 1.807) is 0 Å². The van der Waals surface area contributed by atoms with Crippen LogP contribution in [0.15, 0.2) is 29.1 Å². The predicted octanol–water partition coefficient (Wildman–Crippen LogP) is 1.80. The molecule has 1 aromatic carbocycles. The van der Waals surface area contributed by atoms with Crippen molar-refractivity contribution in [2.75, 3.05) is 0 Å². The average Bonchev–Trinajstić information content (AvgIpc) is 3.03. The summed E-state index contributed by atoms with van der Waals surface area (Å²) in [6.45, 7) is 0. The van der Waals surface area contributed by atoms with Crippen LogP contribution < -0.4 is 5.56 Å². The average molecular weight is 186 g/mol. The highest BCUT2D eigenvalue weighted by atomic mass is 16.1. The van der Waals surface area contributed by atoms with Crippen LogP contribution in [-0.2, 0) is 0 Å². The van der Waals surface area contributed by atoms with Crippen molar-refractivity contribution in [1.82, 2.24) is 10.2 Å². The van der Waals surface area contributed by atoms with Crippen molar-refractivity contribution in [2.45, 2.75) is 18.8 Å². The van der Waals surface area contributed by atoms with Gasteiger partial charge in [-0.25, -0.2) is 5.10 Å². The monoisotopic (exact) mass is 186 g/mol. The van der Waals surface area contributed by atoms with Gasteiger partial charge in [-0.2, -0.15) is 5.10 Å². The molecule has 1 aliphatic carbocycles. The molecular formula is C11H10N2O. The van der Waals surface area contributed by atoms with Crippen LogP contribution in [0.1, 0.15) is 24.5 Å². The van der Waals surface area contributed by atoms with E-state index in [1.807, 2.05) is 24.3 Å². The highest BCUT2D eigenvalue weighted by molar-refractivity contribution is 5.84. The van der Waals surface area contributed by atoms with Crippen molar-refractivity contribution in [1.29, 1.82) is 0 Å². The second-order valence-electron chi connectivity index (χ2n) is 3.76. The minimum atomic E-state index is -0.0926. The fourth-order valence-electron chi connectivity index (χ4n) is 1.80. The Morgan fingerprint density at radius 1 is 1.21 bits per heavy atom. The summed E-state index contributed by atoms with van der Waals surface area (Å²) in [6.07, 6.45) is 2.39. The smallest absolute Gasteiger partial charge is 0.267 e. The Morgan fingerprint density at radius 3 is 2.64 bits per heavy atom. The molecule has 1 aliphatic rings. The SMILES string of the molecule is O=c1[nH]nc(C2CC2)c2ccccc12. The van der Waals surface area contributed by atoms with Crippen LogP contribution >= 0.6 is 0 Å². The zero-order valence-corrected chi connectivity index (χ0v) is 7.66. The molecule has 70 valence electrons. The lowest BCUT2D eigenvalue weighted by molar-refractivity contribution is 0.911. The van der Waals surface area contributed by atoms with E-state index in [9.17, 15) is 4.79 Å². The molecule has 3 nitrogen and oxygen atoms in total. The number of nitrogens with one attached hydrogen (secondary N) is 1. The van der Waals surface area contributed by atoms with E-state index >= 15 is 0 Å². The first-order chi connectivity index (χ1) is 6.86. The first-order valence-electron chi connectivity index (χ1n) is 4.83. The van der Waals surface area contributed by atoms with Gasteiger partial charge in [0.2, 0.25) is 0 Å². The normalized spacial score (nSPS) is 16.0. The Hall–Kier alpha value is -1.64. The third-order valence-corrected chi connectivity index (χ3v) is 2.69. The fraction of sp³-hybridized carbons (Fsp3) is 0.273. The van der Waals surface area contributed by atoms with Crippen LogP contribution in [-0.4, -0.2) is 10.2 Å². The van der Waals surface area contributed by atoms with Crippen molar-refractivity contribution in [3.63, 3.8) is 0 Å². The number of H-pyrrole nitrogens is 1. The maximum absolute atomic E-state index is 11.5. The molecule has 0 bridgehead atoms. The van der Waals surface area contributed by atoms with E-state index in [-0.39, 0.29) is 5.56 Å². The van der Waals surface area contributed by atoms with Gasteiger partial charge in [0, 0.05) is 11.3 Å². The number of fused-ring (bicyclic) bond motifs is 1. The molecular weight excluding hydrogens is 176 g/mol. The summed E-state index contributed by atoms with van der Waals surface area (Å²) in [5.74, 6) is 0.566. The Kier molecular flexibility index (Phi) is 1.48. The third-order valence-electron chi connectivity index (χ3n) is 2.69. The highest BCUT2D eigenvalue weighted by Crippen LogP contribution is 2.40. The van der Waals surface area contributed by atoms with Gasteiger partial charge in [0.1, 0.15) is 0 Å². The van der Waals surface area contributed by atoms with Crippen molar-refractivity contribution in [2.24, 2.45) is 0 Å². The van der Waals surface area contributed by atoms with E-state index in [2.05, 4.69) is 10.2 Å². The number of benzene rings is 1. The molecule has 1 aromatic heterocycles. The van der Waals surface area contributed by atoms with Crippen LogP contribution in [0.2, 0.25) is 0 Å². The van der Waals surface area contributed by atoms with Crippen LogP contribution in [0, 0.1) is 0 Å². The Balaban J connectivity index is 2.41. The summed E-state index contributed by atoms with van der Waals surface area (Å²) < 4.78 is 0. The molecule has 0 unspecified atom stereocenters. The molecule has 0 amide bonds. The van der Waals surface area contributed by atoms with Crippen molar-refractivity contribution in [3.05, 3.63) is 40.3 Å². The minimum Gasteiger partial charge on any atom is -0.267 e. The molecule has 1 N–H and O–H groups in total. The van der Waals surface area contributed by atoms with Crippen LogP contribution in [0.25, 0.3) is 10.8 Å². The molecule has 14 heavy (non-hydrogen) atoms. The van der Waals surface area contributed by atoms with Crippen molar-refractivity contribution in [3.8, 4) is 0 Å². The number of aromatic amines is 1. The van der Waals surface area contributed by atoms with Crippen LogP contribution in [0.4, 0.5) is 0 Å². The van der Waals surface area contributed by atoms with E-state index in [0.717, 1.165) is 16.5 Å². The van der Waals surface area contributed by atoms with E-state index in [0.29, 0.717) is 5.92 Å². The van der Waals surface area contributed by atoms with Crippen LogP contribution in [0.3, 0.4) is 0 Å². The van der Waals surface area contributed by atoms with Crippen molar-refractivity contribution < 1.29 is 0 Å². The zero-order valence-electron chi connectivity index (χ0n) is 7.66. The molecule has 1 fully saturated rings. The summed E-state index contributed by atoms with van der Waals surface area (Å²) in [7, 11) is 0. The lowest BCUT2D eigenvalue weighted by atomic mass is 10.1. The Labute approximate surface area is 80.8 Å². The zero-order chi connectivity index (χ0) is 9.54. The van der Waals surface area contributed by atoms with Gasteiger partial charge in [-0.15, -0.1) is 0 Å². The maximum atomic E-state index is 11.5. The molecule has 0 spiro atoms. The van der Waals surface area contributed by atoms with E-state index in [1.165, 1.54) is 12.8 Å². The molecule has 0 aliphatic heterocycles. The summed E-state index contributed by atoms with van der Waals surface area (Å²) in [5, 5.41) is 8.46. The number of nitrogens with zero attached hydrogens (tertiary/aromatic N) is 1. The lowest BCUT2D eigenvalue weighted by Crippen LogP contribution is -2.10. The third kappa shape index (κ3) is 1.05. The Morgan fingerprint density at radius 2 is 1.93 bits per heavy atom. The largest absolute Gasteiger partial charge is 0.272 e. The molecule has 1 saturated carbocycles. The maximum Gasteiger partial charge on any atom is 0.272 e. The molecule has 0 radical (unpaired) electrons. The van der Waals surface area contributed by atoms with Gasteiger partial charge >= 0.3 is 0 Å². The molecule has 3 rings (SSSR count). The van der Waals surface area contributed by atoms with Gasteiger partial charge in [-0.1, -0.05) is 18.2 Å². The molecule has 0 saturated heterocycles. The first-order valence-corrected chi connectivity index (χ1v) is 4.83.